The summed E-state index contributed by atoms with van der Waals surface area (Å²) in [6.07, 6.45) is 3.16. The number of benzene rings is 1. The quantitative estimate of drug-likeness (QED) is 0.932. The minimum atomic E-state index is -0.818. The smallest absolute Gasteiger partial charge is 0.228 e. The van der Waals surface area contributed by atoms with Gasteiger partial charge in [0.25, 0.3) is 0 Å². The number of carbonyl (C=O) groups is 2. The maximum Gasteiger partial charge on any atom is 0.228 e. The highest BCUT2D eigenvalue weighted by Gasteiger charge is 2.37. The standard InChI is InChI=1S/C17H15F2N3O2/c18-13-2-1-3-14(19)16(13)22-10-12(8-15(22)23)17(24)21-9-11-4-6-20-7-5-11/h1-7,12H,8-10H2,(H,21,24). The molecule has 1 atom stereocenters. The van der Waals surface area contributed by atoms with Crippen molar-refractivity contribution in [2.75, 3.05) is 11.4 Å². The maximum atomic E-state index is 13.8. The molecule has 0 radical (unpaired) electrons. The first-order chi connectivity index (χ1) is 11.6. The number of hydrogen-bond acceptors (Lipinski definition) is 3. The molecule has 2 aromatic rings. The molecular formula is C17H15F2N3O2. The number of rotatable bonds is 4. The first-order valence-electron chi connectivity index (χ1n) is 7.47. The summed E-state index contributed by atoms with van der Waals surface area (Å²) in [5, 5.41) is 2.73. The van der Waals surface area contributed by atoms with Crippen LogP contribution >= 0.6 is 0 Å². The second-order valence-corrected chi connectivity index (χ2v) is 5.55. The summed E-state index contributed by atoms with van der Waals surface area (Å²) in [5.74, 6) is -3.07. The summed E-state index contributed by atoms with van der Waals surface area (Å²) in [7, 11) is 0. The summed E-state index contributed by atoms with van der Waals surface area (Å²) < 4.78 is 27.7. The zero-order valence-electron chi connectivity index (χ0n) is 12.7. The van der Waals surface area contributed by atoms with E-state index >= 15 is 0 Å². The Hall–Kier alpha value is -2.83. The van der Waals surface area contributed by atoms with Gasteiger partial charge in [0, 0.05) is 31.9 Å². The molecular weight excluding hydrogens is 316 g/mol. The van der Waals surface area contributed by atoms with Gasteiger partial charge in [-0.1, -0.05) is 6.07 Å². The molecule has 2 amide bonds. The van der Waals surface area contributed by atoms with Crippen molar-refractivity contribution in [3.63, 3.8) is 0 Å². The zero-order chi connectivity index (χ0) is 17.1. The molecule has 124 valence electrons. The largest absolute Gasteiger partial charge is 0.352 e. The van der Waals surface area contributed by atoms with Crippen LogP contribution in [0.15, 0.2) is 42.7 Å². The highest BCUT2D eigenvalue weighted by atomic mass is 19.1. The summed E-state index contributed by atoms with van der Waals surface area (Å²) in [6.45, 7) is 0.263. The van der Waals surface area contributed by atoms with Crippen molar-refractivity contribution in [1.29, 1.82) is 0 Å². The lowest BCUT2D eigenvalue weighted by Gasteiger charge is -2.18. The number of nitrogens with zero attached hydrogens (tertiary/aromatic N) is 2. The van der Waals surface area contributed by atoms with Crippen LogP contribution in [0.3, 0.4) is 0 Å². The highest BCUT2D eigenvalue weighted by Crippen LogP contribution is 2.29. The van der Waals surface area contributed by atoms with E-state index < -0.39 is 29.1 Å². The van der Waals surface area contributed by atoms with Gasteiger partial charge in [-0.2, -0.15) is 0 Å². The number of carbonyl (C=O) groups excluding carboxylic acids is 2. The van der Waals surface area contributed by atoms with E-state index in [0.717, 1.165) is 22.6 Å². The molecule has 0 spiro atoms. The fourth-order valence-electron chi connectivity index (χ4n) is 2.68. The minimum Gasteiger partial charge on any atom is -0.352 e. The fourth-order valence-corrected chi connectivity index (χ4v) is 2.68. The number of nitrogens with one attached hydrogen (secondary N) is 1. The van der Waals surface area contributed by atoms with Crippen molar-refractivity contribution in [2.45, 2.75) is 13.0 Å². The molecule has 7 heteroatoms. The lowest BCUT2D eigenvalue weighted by Crippen LogP contribution is -2.33. The second kappa shape index (κ2) is 6.74. The average Bonchev–Trinajstić information content (AvgIpc) is 2.95. The van der Waals surface area contributed by atoms with E-state index in [4.69, 9.17) is 0 Å². The Morgan fingerprint density at radius 3 is 2.54 bits per heavy atom. The van der Waals surface area contributed by atoms with E-state index in [9.17, 15) is 18.4 Å². The van der Waals surface area contributed by atoms with Crippen LogP contribution in [0.4, 0.5) is 14.5 Å². The Morgan fingerprint density at radius 1 is 1.21 bits per heavy atom. The fraction of sp³-hybridized carbons (Fsp3) is 0.235. The van der Waals surface area contributed by atoms with Crippen molar-refractivity contribution in [3.8, 4) is 0 Å². The van der Waals surface area contributed by atoms with Crippen molar-refractivity contribution < 1.29 is 18.4 Å². The lowest BCUT2D eigenvalue weighted by molar-refractivity contribution is -0.126. The lowest BCUT2D eigenvalue weighted by atomic mass is 10.1. The van der Waals surface area contributed by atoms with Crippen molar-refractivity contribution in [2.24, 2.45) is 5.92 Å². The molecule has 24 heavy (non-hydrogen) atoms. The first kappa shape index (κ1) is 16.0. The van der Waals surface area contributed by atoms with E-state index in [1.165, 1.54) is 6.07 Å². The number of anilines is 1. The van der Waals surface area contributed by atoms with Crippen LogP contribution < -0.4 is 10.2 Å². The van der Waals surface area contributed by atoms with E-state index in [0.29, 0.717) is 6.54 Å². The maximum absolute atomic E-state index is 13.8. The van der Waals surface area contributed by atoms with Gasteiger partial charge >= 0.3 is 0 Å². The van der Waals surface area contributed by atoms with Crippen LogP contribution in [0.2, 0.25) is 0 Å². The van der Waals surface area contributed by atoms with Gasteiger partial charge < -0.3 is 10.2 Å². The molecule has 0 aliphatic carbocycles. The Morgan fingerprint density at radius 2 is 1.88 bits per heavy atom. The summed E-state index contributed by atoms with van der Waals surface area (Å²) in [5.41, 5.74) is 0.478. The number of hydrogen-bond donors (Lipinski definition) is 1. The Bertz CT molecular complexity index is 747. The third kappa shape index (κ3) is 3.24. The highest BCUT2D eigenvalue weighted by molar-refractivity contribution is 6.00. The molecule has 1 N–H and O–H groups in total. The molecule has 0 bridgehead atoms. The number of amides is 2. The number of pyridine rings is 1. The van der Waals surface area contributed by atoms with Gasteiger partial charge in [-0.15, -0.1) is 0 Å². The molecule has 0 saturated carbocycles. The van der Waals surface area contributed by atoms with Gasteiger partial charge in [0.05, 0.1) is 5.92 Å². The molecule has 1 aromatic heterocycles. The zero-order valence-corrected chi connectivity index (χ0v) is 12.7. The van der Waals surface area contributed by atoms with Crippen LogP contribution in [0, 0.1) is 17.6 Å². The van der Waals surface area contributed by atoms with Crippen molar-refractivity contribution >= 4 is 17.5 Å². The van der Waals surface area contributed by atoms with Crippen molar-refractivity contribution in [3.05, 3.63) is 59.9 Å². The molecule has 1 aliphatic rings. The van der Waals surface area contributed by atoms with Crippen LogP contribution in [-0.4, -0.2) is 23.3 Å². The summed E-state index contributed by atoms with van der Waals surface area (Å²) in [6, 6.07) is 6.93. The normalized spacial score (nSPS) is 17.2. The second-order valence-electron chi connectivity index (χ2n) is 5.55. The van der Waals surface area contributed by atoms with Gasteiger partial charge in [-0.05, 0) is 29.8 Å². The Labute approximate surface area is 137 Å². The monoisotopic (exact) mass is 331 g/mol. The molecule has 1 aromatic carbocycles. The number of aromatic nitrogens is 1. The molecule has 1 unspecified atom stereocenters. The Balaban J connectivity index is 1.67. The molecule has 2 heterocycles. The van der Waals surface area contributed by atoms with Gasteiger partial charge in [0.15, 0.2) is 0 Å². The van der Waals surface area contributed by atoms with Gasteiger partial charge in [-0.3, -0.25) is 14.6 Å². The predicted molar refractivity (Wildman–Crippen MR) is 82.9 cm³/mol. The van der Waals surface area contributed by atoms with E-state index in [-0.39, 0.29) is 18.9 Å². The SMILES string of the molecule is O=C(NCc1ccncc1)C1CC(=O)N(c2c(F)cccc2F)C1. The van der Waals surface area contributed by atoms with E-state index in [1.54, 1.807) is 24.5 Å². The van der Waals surface area contributed by atoms with Gasteiger partial charge in [0.1, 0.15) is 17.3 Å². The summed E-state index contributed by atoms with van der Waals surface area (Å²) >= 11 is 0. The van der Waals surface area contributed by atoms with Crippen LogP contribution in [-0.2, 0) is 16.1 Å². The molecule has 1 saturated heterocycles. The van der Waals surface area contributed by atoms with Crippen LogP contribution in [0.1, 0.15) is 12.0 Å². The molecule has 1 aliphatic heterocycles. The topological polar surface area (TPSA) is 62.3 Å². The molecule has 3 rings (SSSR count). The van der Waals surface area contributed by atoms with Crippen LogP contribution in [0.25, 0.3) is 0 Å². The van der Waals surface area contributed by atoms with Gasteiger partial charge in [0.2, 0.25) is 11.8 Å². The van der Waals surface area contributed by atoms with Crippen LogP contribution in [0.5, 0.6) is 0 Å². The average molecular weight is 331 g/mol. The molecule has 1 fully saturated rings. The van der Waals surface area contributed by atoms with Crippen molar-refractivity contribution in [1.82, 2.24) is 10.3 Å². The van der Waals surface area contributed by atoms with Gasteiger partial charge in [-0.25, -0.2) is 8.78 Å². The third-order valence-electron chi connectivity index (χ3n) is 3.92. The minimum absolute atomic E-state index is 0.0428. The Kier molecular flexibility index (Phi) is 4.50. The third-order valence-corrected chi connectivity index (χ3v) is 3.92. The van der Waals surface area contributed by atoms with E-state index in [2.05, 4.69) is 10.3 Å². The molecule has 5 nitrogen and oxygen atoms in total. The van der Waals surface area contributed by atoms with E-state index in [1.807, 2.05) is 0 Å². The number of halogens is 2. The predicted octanol–water partition coefficient (Wildman–Crippen LogP) is 2.03. The number of para-hydroxylation sites is 1. The first-order valence-corrected chi connectivity index (χ1v) is 7.47. The summed E-state index contributed by atoms with van der Waals surface area (Å²) in [4.78, 5) is 29.2.